The fourth-order valence-electron chi connectivity index (χ4n) is 2.52. The molecule has 0 unspecified atom stereocenters. The van der Waals surface area contributed by atoms with Crippen LogP contribution in [0.1, 0.15) is 39.5 Å². The second-order valence-electron chi connectivity index (χ2n) is 5.28. The van der Waals surface area contributed by atoms with Gasteiger partial charge in [-0.05, 0) is 26.7 Å². The molecule has 1 saturated carbocycles. The van der Waals surface area contributed by atoms with Gasteiger partial charge in [-0.2, -0.15) is 17.9 Å². The summed E-state index contributed by atoms with van der Waals surface area (Å²) in [5.41, 5.74) is 0. The SMILES string of the molecule is CC(C)NS(=O)(=O)NC1CCC2(CC1)OCCO2. The molecule has 2 fully saturated rings. The van der Waals surface area contributed by atoms with Crippen LogP contribution < -0.4 is 9.44 Å². The van der Waals surface area contributed by atoms with Gasteiger partial charge in [0.25, 0.3) is 10.2 Å². The van der Waals surface area contributed by atoms with E-state index in [1.54, 1.807) is 13.8 Å². The van der Waals surface area contributed by atoms with Crippen molar-refractivity contribution in [3.63, 3.8) is 0 Å². The van der Waals surface area contributed by atoms with Crippen LogP contribution in [0, 0.1) is 0 Å². The van der Waals surface area contributed by atoms with Crippen LogP contribution in [-0.2, 0) is 19.7 Å². The normalized spacial score (nSPS) is 25.1. The molecule has 1 spiro atoms. The number of hydrogen-bond donors (Lipinski definition) is 2. The minimum Gasteiger partial charge on any atom is -0.348 e. The average molecular weight is 278 g/mol. The van der Waals surface area contributed by atoms with Crippen molar-refractivity contribution in [2.24, 2.45) is 0 Å². The Balaban J connectivity index is 1.83. The van der Waals surface area contributed by atoms with Crippen LogP contribution in [0.25, 0.3) is 0 Å². The lowest BCUT2D eigenvalue weighted by molar-refractivity contribution is -0.178. The van der Waals surface area contributed by atoms with Crippen molar-refractivity contribution < 1.29 is 17.9 Å². The van der Waals surface area contributed by atoms with Crippen LogP contribution >= 0.6 is 0 Å². The summed E-state index contributed by atoms with van der Waals surface area (Å²) < 4.78 is 39.9. The van der Waals surface area contributed by atoms with Crippen LogP contribution in [0.15, 0.2) is 0 Å². The molecule has 1 saturated heterocycles. The van der Waals surface area contributed by atoms with E-state index >= 15 is 0 Å². The van der Waals surface area contributed by atoms with Crippen molar-refractivity contribution in [3.05, 3.63) is 0 Å². The third-order valence-electron chi connectivity index (χ3n) is 3.27. The molecule has 1 aliphatic carbocycles. The quantitative estimate of drug-likeness (QED) is 0.785. The first-order valence-electron chi connectivity index (χ1n) is 6.48. The summed E-state index contributed by atoms with van der Waals surface area (Å²) in [6.07, 6.45) is 3.00. The Morgan fingerprint density at radius 3 is 2.22 bits per heavy atom. The highest BCUT2D eigenvalue weighted by Gasteiger charge is 2.40. The summed E-state index contributed by atoms with van der Waals surface area (Å²) in [7, 11) is -3.40. The van der Waals surface area contributed by atoms with E-state index in [9.17, 15) is 8.42 Å². The zero-order chi connectivity index (χ0) is 13.2. The molecule has 0 aromatic carbocycles. The highest BCUT2D eigenvalue weighted by molar-refractivity contribution is 7.87. The van der Waals surface area contributed by atoms with E-state index in [0.29, 0.717) is 13.2 Å². The fourth-order valence-corrected chi connectivity index (χ4v) is 3.89. The second kappa shape index (κ2) is 5.42. The van der Waals surface area contributed by atoms with E-state index in [4.69, 9.17) is 9.47 Å². The summed E-state index contributed by atoms with van der Waals surface area (Å²) in [5.74, 6) is -0.437. The lowest BCUT2D eigenvalue weighted by Crippen LogP contribution is -2.48. The number of rotatable bonds is 4. The van der Waals surface area contributed by atoms with Crippen LogP contribution in [0.5, 0.6) is 0 Å². The zero-order valence-corrected chi connectivity index (χ0v) is 11.8. The smallest absolute Gasteiger partial charge is 0.277 e. The fraction of sp³-hybridized carbons (Fsp3) is 1.00. The topological polar surface area (TPSA) is 76.7 Å². The molecule has 0 radical (unpaired) electrons. The second-order valence-corrected chi connectivity index (χ2v) is 6.75. The van der Waals surface area contributed by atoms with Gasteiger partial charge < -0.3 is 9.47 Å². The summed E-state index contributed by atoms with van der Waals surface area (Å²) in [6, 6.07) is -0.126. The lowest BCUT2D eigenvalue weighted by atomic mass is 9.91. The first-order valence-corrected chi connectivity index (χ1v) is 7.97. The number of nitrogens with one attached hydrogen (secondary N) is 2. The van der Waals surface area contributed by atoms with Gasteiger partial charge in [-0.3, -0.25) is 0 Å². The van der Waals surface area contributed by atoms with Gasteiger partial charge in [0.2, 0.25) is 0 Å². The largest absolute Gasteiger partial charge is 0.348 e. The summed E-state index contributed by atoms with van der Waals surface area (Å²) in [4.78, 5) is 0. The summed E-state index contributed by atoms with van der Waals surface area (Å²) in [5, 5.41) is 0. The Labute approximate surface area is 109 Å². The molecule has 0 aromatic heterocycles. The van der Waals surface area contributed by atoms with E-state index in [-0.39, 0.29) is 12.1 Å². The molecule has 1 heterocycles. The molecular weight excluding hydrogens is 256 g/mol. The van der Waals surface area contributed by atoms with Crippen LogP contribution in [0.4, 0.5) is 0 Å². The molecule has 6 nitrogen and oxygen atoms in total. The maximum Gasteiger partial charge on any atom is 0.277 e. The molecule has 0 bridgehead atoms. The van der Waals surface area contributed by atoms with Gasteiger partial charge in [0.15, 0.2) is 5.79 Å². The molecule has 18 heavy (non-hydrogen) atoms. The third kappa shape index (κ3) is 3.64. The molecule has 0 atom stereocenters. The van der Waals surface area contributed by atoms with E-state index in [2.05, 4.69) is 9.44 Å². The summed E-state index contributed by atoms with van der Waals surface area (Å²) in [6.45, 7) is 4.89. The van der Waals surface area contributed by atoms with Gasteiger partial charge in [-0.1, -0.05) is 0 Å². The van der Waals surface area contributed by atoms with Crippen molar-refractivity contribution in [3.8, 4) is 0 Å². The molecule has 1 aliphatic heterocycles. The standard InChI is InChI=1S/C11H22N2O4S/c1-9(2)12-18(14,15)13-10-3-5-11(6-4-10)16-7-8-17-11/h9-10,12-13H,3-8H2,1-2H3. The minimum absolute atomic E-state index is 0.0281. The molecular formula is C11H22N2O4S. The molecule has 2 rings (SSSR count). The van der Waals surface area contributed by atoms with Gasteiger partial charge in [0.1, 0.15) is 0 Å². The van der Waals surface area contributed by atoms with Gasteiger partial charge in [0.05, 0.1) is 13.2 Å². The predicted octanol–water partition coefficient (Wildman–Crippen LogP) is 0.504. The van der Waals surface area contributed by atoms with Gasteiger partial charge >= 0.3 is 0 Å². The molecule has 0 amide bonds. The highest BCUT2D eigenvalue weighted by Crippen LogP contribution is 2.35. The Bertz CT molecular complexity index is 367. The van der Waals surface area contributed by atoms with Crippen LogP contribution in [0.3, 0.4) is 0 Å². The van der Waals surface area contributed by atoms with Crippen molar-refractivity contribution in [2.75, 3.05) is 13.2 Å². The van der Waals surface area contributed by atoms with Crippen molar-refractivity contribution in [1.82, 2.24) is 9.44 Å². The van der Waals surface area contributed by atoms with Crippen molar-refractivity contribution in [1.29, 1.82) is 0 Å². The minimum atomic E-state index is -3.40. The first kappa shape index (κ1) is 14.2. The van der Waals surface area contributed by atoms with E-state index < -0.39 is 16.0 Å². The number of ether oxygens (including phenoxy) is 2. The molecule has 106 valence electrons. The van der Waals surface area contributed by atoms with Crippen molar-refractivity contribution >= 4 is 10.2 Å². The molecule has 2 N–H and O–H groups in total. The maximum atomic E-state index is 11.7. The Kier molecular flexibility index (Phi) is 4.28. The highest BCUT2D eigenvalue weighted by atomic mass is 32.2. The van der Waals surface area contributed by atoms with Gasteiger partial charge in [-0.15, -0.1) is 0 Å². The number of hydrogen-bond acceptors (Lipinski definition) is 4. The van der Waals surface area contributed by atoms with Gasteiger partial charge in [0, 0.05) is 24.9 Å². The monoisotopic (exact) mass is 278 g/mol. The van der Waals surface area contributed by atoms with Gasteiger partial charge in [-0.25, -0.2) is 0 Å². The van der Waals surface area contributed by atoms with E-state index in [0.717, 1.165) is 25.7 Å². The molecule has 0 aromatic rings. The predicted molar refractivity (Wildman–Crippen MR) is 67.2 cm³/mol. The zero-order valence-electron chi connectivity index (χ0n) is 10.9. The van der Waals surface area contributed by atoms with Crippen molar-refractivity contribution in [2.45, 2.75) is 57.4 Å². The Morgan fingerprint density at radius 1 is 1.17 bits per heavy atom. The third-order valence-corrected chi connectivity index (χ3v) is 4.70. The summed E-state index contributed by atoms with van der Waals surface area (Å²) >= 11 is 0. The molecule has 7 heteroatoms. The van der Waals surface area contributed by atoms with E-state index in [1.165, 1.54) is 0 Å². The molecule has 2 aliphatic rings. The Hall–Kier alpha value is -0.210. The average Bonchev–Trinajstić information content (AvgIpc) is 2.68. The lowest BCUT2D eigenvalue weighted by Gasteiger charge is -2.35. The maximum absolute atomic E-state index is 11.7. The van der Waals surface area contributed by atoms with E-state index in [1.807, 2.05) is 0 Å². The van der Waals surface area contributed by atoms with Crippen LogP contribution in [-0.4, -0.2) is 39.5 Å². The van der Waals surface area contributed by atoms with Crippen LogP contribution in [0.2, 0.25) is 0 Å². The Morgan fingerprint density at radius 2 is 1.72 bits per heavy atom. The first-order chi connectivity index (χ1) is 8.41.